The second-order valence-electron chi connectivity index (χ2n) is 4.80. The van der Waals surface area contributed by atoms with E-state index in [1.165, 1.54) is 11.4 Å². The van der Waals surface area contributed by atoms with E-state index in [1.807, 2.05) is 13.1 Å². The van der Waals surface area contributed by atoms with Crippen LogP contribution in [-0.4, -0.2) is 20.3 Å². The molecule has 0 saturated carbocycles. The van der Waals surface area contributed by atoms with Crippen molar-refractivity contribution in [3.63, 3.8) is 0 Å². The predicted molar refractivity (Wildman–Crippen MR) is 84.7 cm³/mol. The molecule has 2 aromatic carbocycles. The first-order valence-electron chi connectivity index (χ1n) is 6.89. The third kappa shape index (κ3) is 2.48. The number of hydrogen-bond donors (Lipinski definition) is 1. The van der Waals surface area contributed by atoms with E-state index in [2.05, 4.69) is 75.8 Å². The highest BCUT2D eigenvalue weighted by Gasteiger charge is 2.19. The molecule has 0 spiro atoms. The molecule has 0 aliphatic carbocycles. The number of benzene rings is 2. The molecule has 1 aliphatic rings. The fraction of sp³-hybridized carbons (Fsp3) is 0.176. The standard InChI is InChI=1S/C17H19N3/c1-18-17-12-13-19(15-8-4-2-5-9-15)14-20(17)16-10-6-3-7-11-16/h2-12,18H,13-14H2,1H3. The zero-order valence-electron chi connectivity index (χ0n) is 11.7. The highest BCUT2D eigenvalue weighted by atomic mass is 15.4. The van der Waals surface area contributed by atoms with E-state index in [9.17, 15) is 0 Å². The first kappa shape index (κ1) is 12.6. The largest absolute Gasteiger partial charge is 0.375 e. The molecular formula is C17H19N3. The van der Waals surface area contributed by atoms with E-state index in [-0.39, 0.29) is 0 Å². The average molecular weight is 265 g/mol. The Morgan fingerprint density at radius 3 is 2.05 bits per heavy atom. The Balaban J connectivity index is 1.89. The van der Waals surface area contributed by atoms with Crippen LogP contribution in [0, 0.1) is 0 Å². The van der Waals surface area contributed by atoms with Crippen molar-refractivity contribution in [3.8, 4) is 0 Å². The molecule has 1 aliphatic heterocycles. The smallest absolute Gasteiger partial charge is 0.105 e. The van der Waals surface area contributed by atoms with Gasteiger partial charge in [-0.3, -0.25) is 0 Å². The Bertz CT molecular complexity index is 578. The topological polar surface area (TPSA) is 18.5 Å². The zero-order chi connectivity index (χ0) is 13.8. The van der Waals surface area contributed by atoms with Gasteiger partial charge in [0, 0.05) is 25.0 Å². The zero-order valence-corrected chi connectivity index (χ0v) is 11.7. The summed E-state index contributed by atoms with van der Waals surface area (Å²) in [6.07, 6.45) is 2.23. The molecule has 0 amide bonds. The molecule has 0 aromatic heterocycles. The summed E-state index contributed by atoms with van der Waals surface area (Å²) in [5, 5.41) is 3.28. The highest BCUT2D eigenvalue weighted by molar-refractivity contribution is 5.57. The van der Waals surface area contributed by atoms with Crippen LogP contribution in [0.3, 0.4) is 0 Å². The first-order chi connectivity index (χ1) is 9.88. The molecule has 1 heterocycles. The number of para-hydroxylation sites is 2. The minimum Gasteiger partial charge on any atom is -0.375 e. The van der Waals surface area contributed by atoms with Crippen LogP contribution in [0.1, 0.15) is 0 Å². The number of nitrogens with one attached hydrogen (secondary N) is 1. The van der Waals surface area contributed by atoms with Gasteiger partial charge in [-0.2, -0.15) is 0 Å². The molecule has 3 rings (SSSR count). The highest BCUT2D eigenvalue weighted by Crippen LogP contribution is 2.24. The number of rotatable bonds is 3. The Hall–Kier alpha value is -2.42. The summed E-state index contributed by atoms with van der Waals surface area (Å²) in [6.45, 7) is 1.77. The van der Waals surface area contributed by atoms with Gasteiger partial charge >= 0.3 is 0 Å². The summed E-state index contributed by atoms with van der Waals surface area (Å²) in [4.78, 5) is 4.64. The summed E-state index contributed by atoms with van der Waals surface area (Å²) in [6, 6.07) is 21.0. The van der Waals surface area contributed by atoms with Gasteiger partial charge in [-0.25, -0.2) is 0 Å². The SMILES string of the molecule is CNC1=CCN(c2ccccc2)CN1c1ccccc1. The fourth-order valence-electron chi connectivity index (χ4n) is 2.50. The van der Waals surface area contributed by atoms with Crippen molar-refractivity contribution >= 4 is 11.4 Å². The predicted octanol–water partition coefficient (Wildman–Crippen LogP) is 3.03. The van der Waals surface area contributed by atoms with Gasteiger partial charge in [0.15, 0.2) is 0 Å². The maximum absolute atomic E-state index is 3.28. The van der Waals surface area contributed by atoms with Crippen LogP contribution in [0.15, 0.2) is 72.6 Å². The molecule has 3 heteroatoms. The molecule has 1 N–H and O–H groups in total. The lowest BCUT2D eigenvalue weighted by Gasteiger charge is -2.38. The van der Waals surface area contributed by atoms with Crippen LogP contribution in [0.5, 0.6) is 0 Å². The molecule has 0 fully saturated rings. The van der Waals surface area contributed by atoms with Crippen LogP contribution in [0.2, 0.25) is 0 Å². The minimum absolute atomic E-state index is 0.848. The van der Waals surface area contributed by atoms with Crippen LogP contribution in [0.4, 0.5) is 11.4 Å². The fourth-order valence-corrected chi connectivity index (χ4v) is 2.50. The summed E-state index contributed by atoms with van der Waals surface area (Å²) in [5.41, 5.74) is 2.45. The quantitative estimate of drug-likeness (QED) is 0.920. The van der Waals surface area contributed by atoms with Crippen LogP contribution >= 0.6 is 0 Å². The van der Waals surface area contributed by atoms with Gasteiger partial charge in [0.05, 0.1) is 6.67 Å². The van der Waals surface area contributed by atoms with Crippen LogP contribution in [-0.2, 0) is 0 Å². The van der Waals surface area contributed by atoms with Crippen LogP contribution in [0.25, 0.3) is 0 Å². The van der Waals surface area contributed by atoms with Gasteiger partial charge in [0.2, 0.25) is 0 Å². The average Bonchev–Trinajstić information content (AvgIpc) is 2.56. The molecular weight excluding hydrogens is 246 g/mol. The number of hydrogen-bond acceptors (Lipinski definition) is 3. The summed E-state index contributed by atoms with van der Waals surface area (Å²) >= 11 is 0. The Morgan fingerprint density at radius 2 is 1.45 bits per heavy atom. The molecule has 0 atom stereocenters. The van der Waals surface area contributed by atoms with E-state index in [4.69, 9.17) is 0 Å². The van der Waals surface area contributed by atoms with Crippen molar-refractivity contribution in [2.24, 2.45) is 0 Å². The van der Waals surface area contributed by atoms with Crippen molar-refractivity contribution in [2.45, 2.75) is 0 Å². The van der Waals surface area contributed by atoms with Gasteiger partial charge in [-0.1, -0.05) is 36.4 Å². The van der Waals surface area contributed by atoms with E-state index >= 15 is 0 Å². The third-order valence-corrected chi connectivity index (χ3v) is 3.55. The lowest BCUT2D eigenvalue weighted by atomic mass is 10.2. The first-order valence-corrected chi connectivity index (χ1v) is 6.89. The lowest BCUT2D eigenvalue weighted by molar-refractivity contribution is 0.730. The molecule has 0 saturated heterocycles. The normalized spacial score (nSPS) is 14.9. The molecule has 20 heavy (non-hydrogen) atoms. The van der Waals surface area contributed by atoms with E-state index in [1.54, 1.807) is 0 Å². The van der Waals surface area contributed by atoms with Gasteiger partial charge in [-0.15, -0.1) is 0 Å². The van der Waals surface area contributed by atoms with Crippen molar-refractivity contribution in [1.82, 2.24) is 5.32 Å². The second-order valence-corrected chi connectivity index (χ2v) is 4.80. The molecule has 102 valence electrons. The molecule has 2 aromatic rings. The summed E-state index contributed by atoms with van der Waals surface area (Å²) in [5.74, 6) is 1.16. The van der Waals surface area contributed by atoms with Gasteiger partial charge < -0.3 is 15.1 Å². The maximum Gasteiger partial charge on any atom is 0.105 e. The van der Waals surface area contributed by atoms with Crippen molar-refractivity contribution < 1.29 is 0 Å². The monoisotopic (exact) mass is 265 g/mol. The van der Waals surface area contributed by atoms with Gasteiger partial charge in [0.1, 0.15) is 5.82 Å². The Kier molecular flexibility index (Phi) is 3.59. The van der Waals surface area contributed by atoms with Gasteiger partial charge in [0.25, 0.3) is 0 Å². The van der Waals surface area contributed by atoms with E-state index < -0.39 is 0 Å². The second kappa shape index (κ2) is 5.70. The lowest BCUT2D eigenvalue weighted by Crippen LogP contribution is -2.45. The molecule has 0 unspecified atom stereocenters. The Morgan fingerprint density at radius 1 is 0.850 bits per heavy atom. The molecule has 3 nitrogen and oxygen atoms in total. The molecule has 0 bridgehead atoms. The van der Waals surface area contributed by atoms with Crippen LogP contribution < -0.4 is 15.1 Å². The summed E-state index contributed by atoms with van der Waals surface area (Å²) in [7, 11) is 1.97. The maximum atomic E-state index is 3.28. The third-order valence-electron chi connectivity index (χ3n) is 3.55. The summed E-state index contributed by atoms with van der Waals surface area (Å²) < 4.78 is 0. The van der Waals surface area contributed by atoms with Gasteiger partial charge in [-0.05, 0) is 30.3 Å². The molecule has 0 radical (unpaired) electrons. The van der Waals surface area contributed by atoms with Crippen molar-refractivity contribution in [2.75, 3.05) is 30.1 Å². The van der Waals surface area contributed by atoms with Crippen molar-refractivity contribution in [3.05, 3.63) is 72.6 Å². The Labute approximate surface area is 120 Å². The minimum atomic E-state index is 0.848. The van der Waals surface area contributed by atoms with Crippen molar-refractivity contribution in [1.29, 1.82) is 0 Å². The number of nitrogens with zero attached hydrogens (tertiary/aromatic N) is 2. The van der Waals surface area contributed by atoms with E-state index in [0.717, 1.165) is 19.0 Å². The van der Waals surface area contributed by atoms with E-state index in [0.29, 0.717) is 0 Å². The number of anilines is 2.